The van der Waals surface area contributed by atoms with Crippen molar-refractivity contribution in [2.75, 3.05) is 31.1 Å². The average Bonchev–Trinajstić information content (AvgIpc) is 2.88. The number of aromatic nitrogens is 1. The van der Waals surface area contributed by atoms with E-state index in [1.54, 1.807) is 29.3 Å². The summed E-state index contributed by atoms with van der Waals surface area (Å²) in [6, 6.07) is 20.0. The van der Waals surface area contributed by atoms with Gasteiger partial charge in [-0.1, -0.05) is 49.7 Å². The number of amides is 1. The first-order valence-corrected chi connectivity index (χ1v) is 13.5. The van der Waals surface area contributed by atoms with Crippen LogP contribution in [0.4, 0.5) is 5.82 Å². The number of anilines is 1. The fourth-order valence-electron chi connectivity index (χ4n) is 4.17. The first-order chi connectivity index (χ1) is 16.5. The summed E-state index contributed by atoms with van der Waals surface area (Å²) in [4.78, 5) is 21.6. The number of pyridine rings is 1. The minimum absolute atomic E-state index is 0.0819. The highest BCUT2D eigenvalue weighted by Crippen LogP contribution is 2.21. The Labute approximate surface area is 202 Å². The van der Waals surface area contributed by atoms with Gasteiger partial charge >= 0.3 is 0 Å². The molecule has 0 atom stereocenters. The van der Waals surface area contributed by atoms with E-state index in [1.165, 1.54) is 11.6 Å². The highest BCUT2D eigenvalue weighted by atomic mass is 32.2. The van der Waals surface area contributed by atoms with Crippen LogP contribution in [0.1, 0.15) is 41.3 Å². The molecule has 1 aromatic heterocycles. The van der Waals surface area contributed by atoms with Gasteiger partial charge in [0, 0.05) is 37.9 Å². The van der Waals surface area contributed by atoms with Crippen molar-refractivity contribution in [2.45, 2.75) is 36.8 Å². The van der Waals surface area contributed by atoms with Gasteiger partial charge in [-0.05, 0) is 54.3 Å². The van der Waals surface area contributed by atoms with Gasteiger partial charge in [-0.3, -0.25) is 4.79 Å². The number of hydrogen-bond donors (Lipinski definition) is 0. The molecule has 0 unspecified atom stereocenters. The van der Waals surface area contributed by atoms with E-state index >= 15 is 0 Å². The first kappa shape index (κ1) is 24.0. The Hall–Kier alpha value is -3.19. The van der Waals surface area contributed by atoms with Crippen molar-refractivity contribution in [3.63, 3.8) is 0 Å². The molecule has 0 N–H and O–H groups in total. The molecule has 34 heavy (non-hydrogen) atoms. The van der Waals surface area contributed by atoms with Gasteiger partial charge in [0.2, 0.25) is 0 Å². The maximum atomic E-state index is 13.1. The minimum Gasteiger partial charge on any atom is -0.353 e. The molecule has 0 saturated carbocycles. The summed E-state index contributed by atoms with van der Waals surface area (Å²) in [5.41, 5.74) is 2.38. The van der Waals surface area contributed by atoms with Gasteiger partial charge in [0.25, 0.3) is 5.91 Å². The summed E-state index contributed by atoms with van der Waals surface area (Å²) in [5.74, 6) is 0.681. The number of aryl methyl sites for hydroxylation is 1. The number of unbranched alkanes of at least 4 members (excludes halogenated alkanes) is 1. The standard InChI is InChI=1S/C27H31N3O3S/c1-2-3-7-22-11-13-23(14-12-22)21-34(32,33)25-9-6-8-24(20-25)27(31)30-18-16-29(17-19-30)26-10-4-5-15-28-26/h4-6,8-15,20H,2-3,7,16-19,21H2,1H3. The maximum Gasteiger partial charge on any atom is 0.254 e. The third-order valence-electron chi connectivity index (χ3n) is 6.18. The minimum atomic E-state index is -3.56. The van der Waals surface area contributed by atoms with Crippen LogP contribution in [-0.2, 0) is 22.0 Å². The normalized spacial score (nSPS) is 14.3. The van der Waals surface area contributed by atoms with Gasteiger partial charge < -0.3 is 9.80 Å². The molecule has 0 spiro atoms. The molecular formula is C27H31N3O3S. The van der Waals surface area contributed by atoms with Gasteiger partial charge in [0.15, 0.2) is 9.84 Å². The maximum absolute atomic E-state index is 13.1. The molecule has 0 radical (unpaired) electrons. The fraction of sp³-hybridized carbons (Fsp3) is 0.333. The van der Waals surface area contributed by atoms with Crippen LogP contribution in [0.25, 0.3) is 0 Å². The average molecular weight is 478 g/mol. The second kappa shape index (κ2) is 10.8. The van der Waals surface area contributed by atoms with Gasteiger partial charge in [0.05, 0.1) is 10.6 Å². The summed E-state index contributed by atoms with van der Waals surface area (Å²) in [6.45, 7) is 4.67. The van der Waals surface area contributed by atoms with Gasteiger partial charge in [-0.15, -0.1) is 0 Å². The van der Waals surface area contributed by atoms with E-state index in [2.05, 4.69) is 16.8 Å². The predicted molar refractivity (Wildman–Crippen MR) is 135 cm³/mol. The molecule has 178 valence electrons. The quantitative estimate of drug-likeness (QED) is 0.482. The van der Waals surface area contributed by atoms with Gasteiger partial charge in [-0.2, -0.15) is 0 Å². The molecule has 6 nitrogen and oxygen atoms in total. The van der Waals surface area contributed by atoms with E-state index in [4.69, 9.17) is 0 Å². The van der Waals surface area contributed by atoms with Crippen molar-refractivity contribution >= 4 is 21.6 Å². The molecule has 1 aliphatic heterocycles. The van der Waals surface area contributed by atoms with E-state index in [1.807, 2.05) is 42.5 Å². The van der Waals surface area contributed by atoms with Crippen molar-refractivity contribution in [2.24, 2.45) is 0 Å². The van der Waals surface area contributed by atoms with Crippen LogP contribution >= 0.6 is 0 Å². The number of nitrogens with zero attached hydrogens (tertiary/aromatic N) is 3. The Bertz CT molecular complexity index is 1200. The molecule has 0 bridgehead atoms. The van der Waals surface area contributed by atoms with Crippen molar-refractivity contribution in [1.82, 2.24) is 9.88 Å². The van der Waals surface area contributed by atoms with Crippen molar-refractivity contribution < 1.29 is 13.2 Å². The van der Waals surface area contributed by atoms with E-state index < -0.39 is 9.84 Å². The fourth-order valence-corrected chi connectivity index (χ4v) is 5.56. The number of rotatable bonds is 8. The summed E-state index contributed by atoms with van der Waals surface area (Å²) in [6.07, 6.45) is 5.02. The van der Waals surface area contributed by atoms with E-state index in [-0.39, 0.29) is 16.6 Å². The predicted octanol–water partition coefficient (Wildman–Crippen LogP) is 4.36. The van der Waals surface area contributed by atoms with Crippen LogP contribution in [-0.4, -0.2) is 50.4 Å². The van der Waals surface area contributed by atoms with Gasteiger partial charge in [0.1, 0.15) is 5.82 Å². The molecule has 1 amide bonds. The topological polar surface area (TPSA) is 70.6 Å². The zero-order valence-corrected chi connectivity index (χ0v) is 20.4. The van der Waals surface area contributed by atoms with Crippen molar-refractivity contribution in [3.8, 4) is 0 Å². The smallest absolute Gasteiger partial charge is 0.254 e. The van der Waals surface area contributed by atoms with Crippen LogP contribution < -0.4 is 4.90 Å². The summed E-state index contributed by atoms with van der Waals surface area (Å²) >= 11 is 0. The molecule has 1 saturated heterocycles. The molecule has 0 aliphatic carbocycles. The Morgan fingerprint density at radius 3 is 2.32 bits per heavy atom. The lowest BCUT2D eigenvalue weighted by molar-refractivity contribution is 0.0746. The summed E-state index contributed by atoms with van der Waals surface area (Å²) < 4.78 is 26.1. The number of carbonyl (C=O) groups is 1. The molecule has 1 aliphatic rings. The monoisotopic (exact) mass is 477 g/mol. The second-order valence-electron chi connectivity index (χ2n) is 8.67. The van der Waals surface area contributed by atoms with Crippen LogP contribution in [0.5, 0.6) is 0 Å². The Balaban J connectivity index is 1.41. The van der Waals surface area contributed by atoms with Crippen molar-refractivity contribution in [3.05, 3.63) is 89.6 Å². The second-order valence-corrected chi connectivity index (χ2v) is 10.7. The van der Waals surface area contributed by atoms with Crippen LogP contribution in [0.2, 0.25) is 0 Å². The highest BCUT2D eigenvalue weighted by molar-refractivity contribution is 7.90. The third-order valence-corrected chi connectivity index (χ3v) is 7.86. The van der Waals surface area contributed by atoms with E-state index in [0.717, 1.165) is 30.6 Å². The Morgan fingerprint density at radius 2 is 1.65 bits per heavy atom. The number of piperazine rings is 1. The molecule has 4 rings (SSSR count). The van der Waals surface area contributed by atoms with Crippen LogP contribution in [0.3, 0.4) is 0 Å². The SMILES string of the molecule is CCCCc1ccc(CS(=O)(=O)c2cccc(C(=O)N3CCN(c4ccccn4)CC3)c2)cc1. The van der Waals surface area contributed by atoms with E-state index in [0.29, 0.717) is 31.7 Å². The van der Waals surface area contributed by atoms with Gasteiger partial charge in [-0.25, -0.2) is 13.4 Å². The number of sulfone groups is 1. The lowest BCUT2D eigenvalue weighted by Crippen LogP contribution is -2.49. The molecule has 7 heteroatoms. The Kier molecular flexibility index (Phi) is 7.63. The zero-order chi connectivity index (χ0) is 24.0. The third kappa shape index (κ3) is 5.83. The molecule has 1 fully saturated rings. The molecular weight excluding hydrogens is 446 g/mol. The molecule has 2 aromatic carbocycles. The first-order valence-electron chi connectivity index (χ1n) is 11.8. The number of hydrogen-bond acceptors (Lipinski definition) is 5. The number of carbonyl (C=O) groups excluding carboxylic acids is 1. The zero-order valence-electron chi connectivity index (χ0n) is 19.6. The van der Waals surface area contributed by atoms with Crippen LogP contribution in [0, 0.1) is 0 Å². The Morgan fingerprint density at radius 1 is 0.912 bits per heavy atom. The summed E-state index contributed by atoms with van der Waals surface area (Å²) in [5, 5.41) is 0. The largest absolute Gasteiger partial charge is 0.353 e. The summed E-state index contributed by atoms with van der Waals surface area (Å²) in [7, 11) is -3.56. The lowest BCUT2D eigenvalue weighted by Gasteiger charge is -2.35. The van der Waals surface area contributed by atoms with Crippen molar-refractivity contribution in [1.29, 1.82) is 0 Å². The molecule has 3 aromatic rings. The number of benzene rings is 2. The molecule has 2 heterocycles. The van der Waals surface area contributed by atoms with E-state index in [9.17, 15) is 13.2 Å². The van der Waals surface area contributed by atoms with Crippen LogP contribution in [0.15, 0.2) is 77.8 Å². The highest BCUT2D eigenvalue weighted by Gasteiger charge is 2.24. The lowest BCUT2D eigenvalue weighted by atomic mass is 10.1.